The largest absolute Gasteiger partial charge is 0.290 e. The molecule has 166 valence electrons. The first-order chi connectivity index (χ1) is 16.5. The quantitative estimate of drug-likeness (QED) is 0.225. The highest BCUT2D eigenvalue weighted by Crippen LogP contribution is 2.31. The van der Waals surface area contributed by atoms with E-state index >= 15 is 0 Å². The molecule has 0 bridgehead atoms. The fraction of sp³-hybridized carbons (Fsp3) is 0. The lowest BCUT2D eigenvalue weighted by molar-refractivity contribution is -0.384. The summed E-state index contributed by atoms with van der Waals surface area (Å²) in [6.07, 6.45) is 1.42. The number of nitro groups is 1. The highest BCUT2D eigenvalue weighted by molar-refractivity contribution is 7.99. The Morgan fingerprint density at radius 1 is 1.09 bits per heavy atom. The number of nitrogens with zero attached hydrogens (tertiary/aromatic N) is 4. The van der Waals surface area contributed by atoms with Crippen LogP contribution < -0.4 is 11.0 Å². The third-order valence-electron chi connectivity index (χ3n) is 4.63. The number of rotatable bonds is 7. The number of nitrogens with one attached hydrogen (secondary N) is 2. The van der Waals surface area contributed by atoms with Crippen LogP contribution in [0.4, 0.5) is 11.6 Å². The lowest BCUT2D eigenvalue weighted by Crippen LogP contribution is -2.16. The van der Waals surface area contributed by atoms with Crippen molar-refractivity contribution in [2.24, 2.45) is 5.10 Å². The van der Waals surface area contributed by atoms with Gasteiger partial charge in [0.2, 0.25) is 5.95 Å². The van der Waals surface area contributed by atoms with Crippen molar-refractivity contribution in [3.63, 3.8) is 0 Å². The minimum atomic E-state index is -0.607. The van der Waals surface area contributed by atoms with Gasteiger partial charge in [-0.1, -0.05) is 60.3 Å². The maximum absolute atomic E-state index is 12.4. The molecule has 0 saturated heterocycles. The Morgan fingerprint density at radius 3 is 2.47 bits per heavy atom. The summed E-state index contributed by atoms with van der Waals surface area (Å²) < 4.78 is 0. The summed E-state index contributed by atoms with van der Waals surface area (Å²) in [7, 11) is 0. The van der Waals surface area contributed by atoms with E-state index in [4.69, 9.17) is 0 Å². The van der Waals surface area contributed by atoms with Gasteiger partial charge < -0.3 is 0 Å². The molecule has 4 rings (SSSR count). The normalized spacial score (nSPS) is 10.7. The molecule has 9 nitrogen and oxygen atoms in total. The Morgan fingerprint density at radius 2 is 1.79 bits per heavy atom. The Hall–Kier alpha value is -4.75. The van der Waals surface area contributed by atoms with Crippen LogP contribution in [-0.2, 0) is 0 Å². The molecule has 2 N–H and O–H groups in total. The topological polar surface area (TPSA) is 137 Å². The fourth-order valence-corrected chi connectivity index (χ4v) is 3.97. The molecule has 34 heavy (non-hydrogen) atoms. The number of aromatic nitrogens is 2. The fourth-order valence-electron chi connectivity index (χ4n) is 3.06. The van der Waals surface area contributed by atoms with Crippen LogP contribution in [0.1, 0.15) is 11.1 Å². The Bertz CT molecular complexity index is 1460. The molecular weight excluding hydrogens is 452 g/mol. The predicted molar refractivity (Wildman–Crippen MR) is 130 cm³/mol. The summed E-state index contributed by atoms with van der Waals surface area (Å²) in [5.74, 6) is 0.0294. The minimum Gasteiger partial charge on any atom is -0.290 e. The smallest absolute Gasteiger partial charge is 0.270 e. The van der Waals surface area contributed by atoms with Crippen molar-refractivity contribution in [3.8, 4) is 17.3 Å². The van der Waals surface area contributed by atoms with Crippen LogP contribution >= 0.6 is 11.8 Å². The third-order valence-corrected chi connectivity index (χ3v) is 5.73. The SMILES string of the molecule is N#Cc1c(-c2ccccc2)nc(NN=Cc2cc([N+](=O)[O-])ccc2Sc2ccccc2)[nH]c1=O. The molecular formula is C24H16N6O3S. The van der Waals surface area contributed by atoms with Crippen molar-refractivity contribution in [1.82, 2.24) is 9.97 Å². The van der Waals surface area contributed by atoms with Gasteiger partial charge in [0.1, 0.15) is 11.6 Å². The zero-order valence-corrected chi connectivity index (χ0v) is 18.3. The number of hydrogen-bond acceptors (Lipinski definition) is 8. The zero-order chi connectivity index (χ0) is 23.9. The van der Waals surface area contributed by atoms with Crippen LogP contribution in [0.15, 0.2) is 98.5 Å². The summed E-state index contributed by atoms with van der Waals surface area (Å²) in [5.41, 5.74) is 3.20. The van der Waals surface area contributed by atoms with Gasteiger partial charge in [-0.2, -0.15) is 10.4 Å². The maximum atomic E-state index is 12.4. The van der Waals surface area contributed by atoms with E-state index in [9.17, 15) is 20.2 Å². The lowest BCUT2D eigenvalue weighted by atomic mass is 10.1. The molecule has 10 heteroatoms. The van der Waals surface area contributed by atoms with Crippen LogP contribution in [0.3, 0.4) is 0 Å². The van der Waals surface area contributed by atoms with E-state index < -0.39 is 10.5 Å². The number of H-pyrrole nitrogens is 1. The number of nitriles is 1. The van der Waals surface area contributed by atoms with Gasteiger partial charge in [-0.3, -0.25) is 19.9 Å². The van der Waals surface area contributed by atoms with Crippen molar-refractivity contribution in [2.75, 3.05) is 5.43 Å². The van der Waals surface area contributed by atoms with Gasteiger partial charge in [-0.25, -0.2) is 10.4 Å². The van der Waals surface area contributed by atoms with Gasteiger partial charge >= 0.3 is 0 Å². The van der Waals surface area contributed by atoms with Crippen LogP contribution in [0.5, 0.6) is 0 Å². The van der Waals surface area contributed by atoms with E-state index in [1.807, 2.05) is 42.5 Å². The highest BCUT2D eigenvalue weighted by Gasteiger charge is 2.14. The van der Waals surface area contributed by atoms with E-state index in [1.165, 1.54) is 30.1 Å². The van der Waals surface area contributed by atoms with E-state index in [0.29, 0.717) is 11.1 Å². The number of aromatic amines is 1. The van der Waals surface area contributed by atoms with Crippen LogP contribution in [0.25, 0.3) is 11.3 Å². The van der Waals surface area contributed by atoms with Crippen LogP contribution in [0, 0.1) is 21.4 Å². The van der Waals surface area contributed by atoms with E-state index in [0.717, 1.165) is 9.79 Å². The Balaban J connectivity index is 1.65. The van der Waals surface area contributed by atoms with E-state index in [2.05, 4.69) is 20.5 Å². The number of nitro benzene ring substituents is 1. The highest BCUT2D eigenvalue weighted by atomic mass is 32.2. The Kier molecular flexibility index (Phi) is 6.76. The molecule has 1 aromatic heterocycles. The summed E-state index contributed by atoms with van der Waals surface area (Å²) in [6, 6.07) is 24.8. The van der Waals surface area contributed by atoms with Gasteiger partial charge in [0, 0.05) is 33.1 Å². The average Bonchev–Trinajstić information content (AvgIpc) is 2.85. The molecule has 0 aliphatic carbocycles. The number of hydrazone groups is 1. The summed E-state index contributed by atoms with van der Waals surface area (Å²) in [4.78, 5) is 31.7. The number of benzene rings is 3. The summed E-state index contributed by atoms with van der Waals surface area (Å²) in [6.45, 7) is 0. The molecule has 0 atom stereocenters. The molecule has 0 fully saturated rings. The number of anilines is 1. The molecule has 0 saturated carbocycles. The second kappa shape index (κ2) is 10.2. The van der Waals surface area contributed by atoms with E-state index in [-0.39, 0.29) is 22.9 Å². The second-order valence-corrected chi connectivity index (χ2v) is 8.00. The molecule has 4 aromatic rings. The molecule has 0 radical (unpaired) electrons. The summed E-state index contributed by atoms with van der Waals surface area (Å²) >= 11 is 1.44. The molecule has 1 heterocycles. The standard InChI is InChI=1S/C24H16N6O3S/c25-14-20-22(16-7-3-1-4-8-16)27-24(28-23(20)31)29-26-15-17-13-18(30(32)33)11-12-21(17)34-19-9-5-2-6-10-19/h1-13,15H,(H2,27,28,29,31). The first kappa shape index (κ1) is 22.4. The van der Waals surface area contributed by atoms with Gasteiger partial charge in [0.05, 0.1) is 16.8 Å². The van der Waals surface area contributed by atoms with Gasteiger partial charge in [0.15, 0.2) is 0 Å². The lowest BCUT2D eigenvalue weighted by Gasteiger charge is -2.07. The second-order valence-electron chi connectivity index (χ2n) is 6.88. The van der Waals surface area contributed by atoms with Crippen molar-refractivity contribution in [1.29, 1.82) is 5.26 Å². The van der Waals surface area contributed by atoms with Crippen molar-refractivity contribution < 1.29 is 4.92 Å². The van der Waals surface area contributed by atoms with Gasteiger partial charge in [-0.05, 0) is 18.2 Å². The first-order valence-corrected chi connectivity index (χ1v) is 10.8. The van der Waals surface area contributed by atoms with Crippen LogP contribution in [0.2, 0.25) is 0 Å². The minimum absolute atomic E-state index is 0.0294. The molecule has 0 aliphatic rings. The maximum Gasteiger partial charge on any atom is 0.270 e. The molecule has 0 spiro atoms. The first-order valence-electron chi connectivity index (χ1n) is 9.95. The molecule has 0 aliphatic heterocycles. The van der Waals surface area contributed by atoms with Crippen LogP contribution in [-0.4, -0.2) is 21.1 Å². The summed E-state index contributed by atoms with van der Waals surface area (Å²) in [5, 5.41) is 24.8. The van der Waals surface area contributed by atoms with Crippen molar-refractivity contribution in [2.45, 2.75) is 9.79 Å². The predicted octanol–water partition coefficient (Wildman–Crippen LogP) is 4.81. The monoisotopic (exact) mass is 468 g/mol. The van der Waals surface area contributed by atoms with Crippen molar-refractivity contribution >= 4 is 29.6 Å². The number of non-ortho nitro benzene ring substituents is 1. The Labute approximate surface area is 198 Å². The molecule has 3 aromatic carbocycles. The number of hydrogen-bond donors (Lipinski definition) is 2. The third kappa shape index (κ3) is 5.17. The van der Waals surface area contributed by atoms with Gasteiger partial charge in [-0.15, -0.1) is 0 Å². The average molecular weight is 468 g/mol. The molecule has 0 unspecified atom stereocenters. The van der Waals surface area contributed by atoms with E-state index in [1.54, 1.807) is 30.3 Å². The van der Waals surface area contributed by atoms with Crippen molar-refractivity contribution in [3.05, 3.63) is 110 Å². The molecule has 0 amide bonds. The zero-order valence-electron chi connectivity index (χ0n) is 17.5. The van der Waals surface area contributed by atoms with Gasteiger partial charge in [0.25, 0.3) is 11.2 Å².